The van der Waals surface area contributed by atoms with Crippen LogP contribution in [0.1, 0.15) is 25.0 Å². The van der Waals surface area contributed by atoms with Gasteiger partial charge >= 0.3 is 0 Å². The molecule has 0 radical (unpaired) electrons. The molecule has 0 heterocycles. The predicted octanol–water partition coefficient (Wildman–Crippen LogP) is 3.78. The molecule has 6 heteroatoms. The third kappa shape index (κ3) is 4.13. The van der Waals surface area contributed by atoms with Gasteiger partial charge in [-0.2, -0.15) is 4.31 Å². The molecular formula is C18H23FN2O2S. The van der Waals surface area contributed by atoms with Crippen LogP contribution in [-0.4, -0.2) is 25.8 Å². The molecule has 1 N–H and O–H groups in total. The second-order valence-electron chi connectivity index (χ2n) is 5.55. The summed E-state index contributed by atoms with van der Waals surface area (Å²) in [6.07, 6.45) is 0. The molecule has 0 spiro atoms. The maximum atomic E-state index is 13.2. The van der Waals surface area contributed by atoms with Crippen LogP contribution < -0.4 is 5.32 Å². The van der Waals surface area contributed by atoms with Gasteiger partial charge in [0.15, 0.2) is 0 Å². The van der Waals surface area contributed by atoms with E-state index in [0.29, 0.717) is 35.8 Å². The van der Waals surface area contributed by atoms with Gasteiger partial charge in [0.1, 0.15) is 5.82 Å². The van der Waals surface area contributed by atoms with Crippen LogP contribution in [0.2, 0.25) is 0 Å². The average Bonchev–Trinajstić information content (AvgIpc) is 2.55. The summed E-state index contributed by atoms with van der Waals surface area (Å²) in [5.41, 5.74) is 2.19. The van der Waals surface area contributed by atoms with Crippen molar-refractivity contribution in [2.24, 2.45) is 0 Å². The van der Waals surface area contributed by atoms with Crippen LogP contribution >= 0.6 is 0 Å². The summed E-state index contributed by atoms with van der Waals surface area (Å²) in [6, 6.07) is 11.6. The molecule has 0 atom stereocenters. The Bertz CT molecular complexity index is 802. The highest BCUT2D eigenvalue weighted by atomic mass is 32.2. The average molecular weight is 350 g/mol. The highest BCUT2D eigenvalue weighted by Gasteiger charge is 2.23. The number of anilines is 1. The fraction of sp³-hybridized carbons (Fsp3) is 0.333. The van der Waals surface area contributed by atoms with Gasteiger partial charge in [-0.3, -0.25) is 0 Å². The van der Waals surface area contributed by atoms with Gasteiger partial charge in [-0.05, 0) is 42.3 Å². The zero-order chi connectivity index (χ0) is 17.7. The van der Waals surface area contributed by atoms with Gasteiger partial charge in [0.2, 0.25) is 10.0 Å². The Morgan fingerprint density at radius 1 is 1.08 bits per heavy atom. The van der Waals surface area contributed by atoms with Gasteiger partial charge < -0.3 is 5.32 Å². The smallest absolute Gasteiger partial charge is 0.243 e. The molecule has 0 aliphatic carbocycles. The SMILES string of the molecule is CCN(CC)S(=O)(=O)c1cc(NCc2cccc(F)c2)ccc1C. The van der Waals surface area contributed by atoms with Crippen LogP contribution in [0.15, 0.2) is 47.4 Å². The van der Waals surface area contributed by atoms with Gasteiger partial charge in [0.25, 0.3) is 0 Å². The predicted molar refractivity (Wildman–Crippen MR) is 95.0 cm³/mol. The number of nitrogens with one attached hydrogen (secondary N) is 1. The number of nitrogens with zero attached hydrogens (tertiary/aromatic N) is 1. The van der Waals surface area contributed by atoms with E-state index in [-0.39, 0.29) is 5.82 Å². The summed E-state index contributed by atoms with van der Waals surface area (Å²) in [5, 5.41) is 3.15. The van der Waals surface area contributed by atoms with E-state index in [0.717, 1.165) is 5.56 Å². The van der Waals surface area contributed by atoms with Gasteiger partial charge in [-0.25, -0.2) is 12.8 Å². The van der Waals surface area contributed by atoms with Crippen molar-refractivity contribution >= 4 is 15.7 Å². The zero-order valence-corrected chi connectivity index (χ0v) is 15.0. The lowest BCUT2D eigenvalue weighted by atomic mass is 10.2. The fourth-order valence-electron chi connectivity index (χ4n) is 2.54. The van der Waals surface area contributed by atoms with Gasteiger partial charge in [0.05, 0.1) is 4.90 Å². The molecule has 0 bridgehead atoms. The number of rotatable bonds is 7. The van der Waals surface area contributed by atoms with Crippen molar-refractivity contribution in [1.82, 2.24) is 4.31 Å². The summed E-state index contributed by atoms with van der Waals surface area (Å²) >= 11 is 0. The van der Waals surface area contributed by atoms with Gasteiger partial charge in [-0.15, -0.1) is 0 Å². The Morgan fingerprint density at radius 2 is 1.79 bits per heavy atom. The molecule has 130 valence electrons. The molecular weight excluding hydrogens is 327 g/mol. The van der Waals surface area contributed by atoms with Crippen molar-refractivity contribution in [2.75, 3.05) is 18.4 Å². The molecule has 2 aromatic rings. The lowest BCUT2D eigenvalue weighted by molar-refractivity contribution is 0.445. The molecule has 0 saturated carbocycles. The molecule has 0 aliphatic rings. The van der Waals surface area contributed by atoms with E-state index in [1.165, 1.54) is 16.4 Å². The Kier molecular flexibility index (Phi) is 5.96. The third-order valence-corrected chi connectivity index (χ3v) is 6.09. The van der Waals surface area contributed by atoms with Crippen LogP contribution in [0.3, 0.4) is 0 Å². The van der Waals surface area contributed by atoms with Crippen molar-refractivity contribution in [3.05, 3.63) is 59.4 Å². The van der Waals surface area contributed by atoms with Gasteiger partial charge in [-0.1, -0.05) is 32.0 Å². The Hall–Kier alpha value is -1.92. The first-order valence-electron chi connectivity index (χ1n) is 7.97. The summed E-state index contributed by atoms with van der Waals surface area (Å²) in [6.45, 7) is 6.71. The first-order valence-corrected chi connectivity index (χ1v) is 9.41. The van der Waals surface area contributed by atoms with Crippen molar-refractivity contribution in [1.29, 1.82) is 0 Å². The normalized spacial score (nSPS) is 11.7. The van der Waals surface area contributed by atoms with E-state index in [1.54, 1.807) is 25.1 Å². The topological polar surface area (TPSA) is 49.4 Å². The second kappa shape index (κ2) is 7.77. The van der Waals surface area contributed by atoms with Crippen LogP contribution in [0, 0.1) is 12.7 Å². The molecule has 24 heavy (non-hydrogen) atoms. The third-order valence-electron chi connectivity index (χ3n) is 3.90. The molecule has 4 nitrogen and oxygen atoms in total. The number of benzene rings is 2. The zero-order valence-electron chi connectivity index (χ0n) is 14.2. The van der Waals surface area contributed by atoms with Crippen molar-refractivity contribution < 1.29 is 12.8 Å². The number of aryl methyl sites for hydroxylation is 1. The largest absolute Gasteiger partial charge is 0.381 e. The standard InChI is InChI=1S/C18H23FN2O2S/c1-4-21(5-2)24(22,23)18-12-17(10-9-14(18)3)20-13-15-7-6-8-16(19)11-15/h6-12,20H,4-5,13H2,1-3H3. The molecule has 2 aromatic carbocycles. The molecule has 0 saturated heterocycles. The quantitative estimate of drug-likeness (QED) is 0.827. The first-order chi connectivity index (χ1) is 11.4. The van der Waals surface area contributed by atoms with E-state index in [4.69, 9.17) is 0 Å². The summed E-state index contributed by atoms with van der Waals surface area (Å²) in [5.74, 6) is -0.289. The fourth-order valence-corrected chi connectivity index (χ4v) is 4.25. The molecule has 0 unspecified atom stereocenters. The molecule has 0 aliphatic heterocycles. The van der Waals surface area contributed by atoms with E-state index in [9.17, 15) is 12.8 Å². The highest BCUT2D eigenvalue weighted by molar-refractivity contribution is 7.89. The Labute approximate surface area is 143 Å². The summed E-state index contributed by atoms with van der Waals surface area (Å²) < 4.78 is 40.1. The highest BCUT2D eigenvalue weighted by Crippen LogP contribution is 2.24. The van der Waals surface area contributed by atoms with Crippen molar-refractivity contribution in [3.63, 3.8) is 0 Å². The van der Waals surface area contributed by atoms with Crippen molar-refractivity contribution in [2.45, 2.75) is 32.2 Å². The van der Waals surface area contributed by atoms with Gasteiger partial charge in [0, 0.05) is 25.3 Å². The molecule has 0 fully saturated rings. The number of hydrogen-bond acceptors (Lipinski definition) is 3. The minimum Gasteiger partial charge on any atom is -0.381 e. The number of sulfonamides is 1. The maximum Gasteiger partial charge on any atom is 0.243 e. The van der Waals surface area contributed by atoms with E-state index in [2.05, 4.69) is 5.32 Å². The van der Waals surface area contributed by atoms with E-state index >= 15 is 0 Å². The summed E-state index contributed by atoms with van der Waals surface area (Å²) in [4.78, 5) is 0.301. The minimum absolute atomic E-state index is 0.289. The first kappa shape index (κ1) is 18.4. The van der Waals surface area contributed by atoms with Crippen LogP contribution in [-0.2, 0) is 16.6 Å². The molecule has 2 rings (SSSR count). The van der Waals surface area contributed by atoms with E-state index in [1.807, 2.05) is 26.0 Å². The Balaban J connectivity index is 2.25. The number of hydrogen-bond donors (Lipinski definition) is 1. The van der Waals surface area contributed by atoms with Crippen LogP contribution in [0.25, 0.3) is 0 Å². The molecule has 0 amide bonds. The second-order valence-corrected chi connectivity index (χ2v) is 7.46. The Morgan fingerprint density at radius 3 is 2.42 bits per heavy atom. The molecule has 0 aromatic heterocycles. The van der Waals surface area contributed by atoms with Crippen molar-refractivity contribution in [3.8, 4) is 0 Å². The van der Waals surface area contributed by atoms with Crippen LogP contribution in [0.5, 0.6) is 0 Å². The number of halogens is 1. The lowest BCUT2D eigenvalue weighted by Crippen LogP contribution is -2.31. The maximum absolute atomic E-state index is 13.2. The monoisotopic (exact) mass is 350 g/mol. The van der Waals surface area contributed by atoms with Crippen LogP contribution in [0.4, 0.5) is 10.1 Å². The minimum atomic E-state index is -3.51. The summed E-state index contributed by atoms with van der Waals surface area (Å²) in [7, 11) is -3.51. The van der Waals surface area contributed by atoms with E-state index < -0.39 is 10.0 Å². The lowest BCUT2D eigenvalue weighted by Gasteiger charge is -2.20.